The van der Waals surface area contributed by atoms with E-state index in [1.54, 1.807) is 4.90 Å². The average Bonchev–Trinajstić information content (AvgIpc) is 3.39. The van der Waals surface area contributed by atoms with E-state index in [2.05, 4.69) is 10.5 Å². The Balaban J connectivity index is 1.55. The number of amides is 2. The fourth-order valence-corrected chi connectivity index (χ4v) is 6.01. The molecule has 45 heavy (non-hydrogen) atoms. The van der Waals surface area contributed by atoms with Crippen LogP contribution in [0.3, 0.4) is 0 Å². The lowest BCUT2D eigenvalue weighted by atomic mass is 9.85. The third-order valence-corrected chi connectivity index (χ3v) is 8.60. The SMILES string of the molecule is CCCCCCOC(=O)Oc1c2n(cc(C(=O)NCc3ccc(F)cc3F)c1=O)[C@@H]1CN(C2=O)[C@@H](C)CC[C@]12CC(OC)=NO2. The number of carbonyl (C=O) groups excluding carboxylic acids is 3. The highest BCUT2D eigenvalue weighted by Crippen LogP contribution is 2.46. The van der Waals surface area contributed by atoms with Gasteiger partial charge in [0.15, 0.2) is 11.3 Å². The molecule has 1 N–H and O–H groups in total. The molecule has 1 fully saturated rings. The minimum Gasteiger partial charge on any atom is -0.482 e. The van der Waals surface area contributed by atoms with Gasteiger partial charge in [-0.05, 0) is 32.3 Å². The number of aromatic nitrogens is 1. The van der Waals surface area contributed by atoms with Gasteiger partial charge in [-0.3, -0.25) is 14.4 Å². The van der Waals surface area contributed by atoms with Gasteiger partial charge in [-0.1, -0.05) is 37.4 Å². The first-order valence-corrected chi connectivity index (χ1v) is 15.0. The molecule has 1 saturated heterocycles. The highest BCUT2D eigenvalue weighted by molar-refractivity contribution is 6.00. The molecule has 1 spiro atoms. The Hall–Kier alpha value is -4.49. The van der Waals surface area contributed by atoms with Crippen molar-refractivity contribution in [1.82, 2.24) is 14.8 Å². The van der Waals surface area contributed by atoms with E-state index >= 15 is 0 Å². The Morgan fingerprint density at radius 3 is 2.71 bits per heavy atom. The van der Waals surface area contributed by atoms with E-state index in [0.717, 1.165) is 25.3 Å². The third-order valence-electron chi connectivity index (χ3n) is 8.60. The number of fused-ring (bicyclic) bond motifs is 5. The van der Waals surface area contributed by atoms with Gasteiger partial charge in [-0.15, -0.1) is 0 Å². The fourth-order valence-electron chi connectivity index (χ4n) is 6.01. The minimum atomic E-state index is -1.20. The molecule has 242 valence electrons. The number of halogens is 2. The molecule has 1 aromatic heterocycles. The van der Waals surface area contributed by atoms with Gasteiger partial charge in [0.1, 0.15) is 17.2 Å². The Kier molecular flexibility index (Phi) is 9.40. The van der Waals surface area contributed by atoms with Crippen LogP contribution in [0.5, 0.6) is 5.75 Å². The number of pyridine rings is 1. The summed E-state index contributed by atoms with van der Waals surface area (Å²) < 4.78 is 45.0. The normalized spacial score (nSPS) is 21.8. The predicted octanol–water partition coefficient (Wildman–Crippen LogP) is 4.45. The summed E-state index contributed by atoms with van der Waals surface area (Å²) in [7, 11) is 1.47. The number of methoxy groups -OCH3 is 1. The summed E-state index contributed by atoms with van der Waals surface area (Å²) >= 11 is 0. The predicted molar refractivity (Wildman–Crippen MR) is 156 cm³/mol. The summed E-state index contributed by atoms with van der Waals surface area (Å²) in [6.07, 6.45) is 4.64. The molecule has 3 atom stereocenters. The smallest absolute Gasteiger partial charge is 0.482 e. The molecule has 0 radical (unpaired) electrons. The summed E-state index contributed by atoms with van der Waals surface area (Å²) in [6, 6.07) is 1.96. The van der Waals surface area contributed by atoms with E-state index in [4.69, 9.17) is 19.0 Å². The van der Waals surface area contributed by atoms with Crippen molar-refractivity contribution in [2.75, 3.05) is 20.3 Å². The van der Waals surface area contributed by atoms with Gasteiger partial charge in [0.05, 0.1) is 26.2 Å². The molecule has 1 aromatic carbocycles. The van der Waals surface area contributed by atoms with Gasteiger partial charge in [0, 0.05) is 37.0 Å². The number of carbonyl (C=O) groups is 3. The van der Waals surface area contributed by atoms with E-state index < -0.39 is 58.0 Å². The van der Waals surface area contributed by atoms with Gasteiger partial charge < -0.3 is 33.8 Å². The maximum Gasteiger partial charge on any atom is 0.514 e. The lowest BCUT2D eigenvalue weighted by Crippen LogP contribution is -2.52. The lowest BCUT2D eigenvalue weighted by Gasteiger charge is -2.41. The second-order valence-electron chi connectivity index (χ2n) is 11.5. The quantitative estimate of drug-likeness (QED) is 0.317. The summed E-state index contributed by atoms with van der Waals surface area (Å²) in [5.74, 6) is -3.47. The zero-order valence-corrected chi connectivity index (χ0v) is 25.4. The van der Waals surface area contributed by atoms with Crippen molar-refractivity contribution in [2.24, 2.45) is 5.16 Å². The number of hydrogen-bond donors (Lipinski definition) is 1. The second kappa shape index (κ2) is 13.2. The fraction of sp³-hybridized carbons (Fsp3) is 0.516. The maximum absolute atomic E-state index is 14.3. The Bertz CT molecular complexity index is 1580. The highest BCUT2D eigenvalue weighted by atomic mass is 19.1. The number of nitrogens with one attached hydrogen (secondary N) is 1. The molecule has 0 saturated carbocycles. The van der Waals surface area contributed by atoms with Crippen molar-refractivity contribution >= 4 is 23.9 Å². The largest absolute Gasteiger partial charge is 0.514 e. The van der Waals surface area contributed by atoms with Gasteiger partial charge in [-0.25, -0.2) is 13.6 Å². The van der Waals surface area contributed by atoms with E-state index in [-0.39, 0.29) is 43.4 Å². The van der Waals surface area contributed by atoms with Gasteiger partial charge in [-0.2, -0.15) is 0 Å². The topological polar surface area (TPSA) is 138 Å². The molecule has 14 heteroatoms. The second-order valence-corrected chi connectivity index (χ2v) is 11.5. The average molecular weight is 631 g/mol. The summed E-state index contributed by atoms with van der Waals surface area (Å²) in [6.45, 7) is 3.74. The number of ether oxygens (including phenoxy) is 3. The molecule has 3 aliphatic rings. The molecular formula is C31H36F2N4O8. The first kappa shape index (κ1) is 31.9. The first-order chi connectivity index (χ1) is 21.6. The van der Waals surface area contributed by atoms with Crippen LogP contribution in [0.1, 0.15) is 91.2 Å². The molecule has 2 aromatic rings. The van der Waals surface area contributed by atoms with Crippen LogP contribution < -0.4 is 15.5 Å². The summed E-state index contributed by atoms with van der Waals surface area (Å²) in [4.78, 5) is 61.6. The van der Waals surface area contributed by atoms with Crippen LogP contribution in [0.4, 0.5) is 13.6 Å². The van der Waals surface area contributed by atoms with Crippen molar-refractivity contribution in [3.63, 3.8) is 0 Å². The zero-order valence-electron chi connectivity index (χ0n) is 25.4. The van der Waals surface area contributed by atoms with Crippen LogP contribution in [-0.2, 0) is 20.9 Å². The van der Waals surface area contributed by atoms with Gasteiger partial charge in [0.25, 0.3) is 11.8 Å². The van der Waals surface area contributed by atoms with Crippen LogP contribution in [0.25, 0.3) is 0 Å². The Morgan fingerprint density at radius 2 is 2.00 bits per heavy atom. The van der Waals surface area contributed by atoms with Gasteiger partial charge >= 0.3 is 6.16 Å². The lowest BCUT2D eigenvalue weighted by molar-refractivity contribution is -0.0655. The summed E-state index contributed by atoms with van der Waals surface area (Å²) in [5, 5.41) is 6.55. The van der Waals surface area contributed by atoms with E-state index in [9.17, 15) is 28.0 Å². The van der Waals surface area contributed by atoms with Crippen molar-refractivity contribution in [3.8, 4) is 5.75 Å². The number of benzene rings is 1. The standard InChI is InChI=1S/C31H36F2N4O8/c1-4-5-6-7-12-43-30(41)44-27-25-29(40)36-17-23(31(11-10-18(36)2)14-24(42-3)35-45-31)37(25)16-21(26(27)38)28(39)34-15-19-8-9-20(32)13-22(19)33/h8-9,13,16,18,23H,4-7,10-12,14-15,17H2,1-3H3,(H,34,39)/t18-,23+,31-/m0/s1. The maximum atomic E-state index is 14.3. The minimum absolute atomic E-state index is 0.0166. The molecule has 3 aliphatic heterocycles. The number of nitrogens with zero attached hydrogens (tertiary/aromatic N) is 3. The van der Waals surface area contributed by atoms with Crippen LogP contribution in [0, 0.1) is 11.6 Å². The van der Waals surface area contributed by atoms with E-state index in [1.807, 2.05) is 13.8 Å². The zero-order chi connectivity index (χ0) is 32.3. The Labute approximate surface area is 258 Å². The summed E-state index contributed by atoms with van der Waals surface area (Å²) in [5.41, 5.74) is -2.75. The first-order valence-electron chi connectivity index (χ1n) is 15.0. The number of hydrogen-bond acceptors (Lipinski definition) is 9. The van der Waals surface area contributed by atoms with Gasteiger partial charge in [0.2, 0.25) is 17.1 Å². The number of oxime groups is 1. The van der Waals surface area contributed by atoms with Crippen LogP contribution >= 0.6 is 0 Å². The van der Waals surface area contributed by atoms with Crippen LogP contribution in [-0.4, -0.2) is 65.2 Å². The molecule has 4 heterocycles. The molecule has 2 bridgehead atoms. The monoisotopic (exact) mass is 630 g/mol. The van der Waals surface area contributed by atoms with Crippen LogP contribution in [0.15, 0.2) is 34.3 Å². The molecule has 0 unspecified atom stereocenters. The molecular weight excluding hydrogens is 594 g/mol. The molecule has 5 rings (SSSR count). The van der Waals surface area contributed by atoms with Crippen molar-refractivity contribution < 1.29 is 42.2 Å². The Morgan fingerprint density at radius 1 is 1.20 bits per heavy atom. The third kappa shape index (κ3) is 6.36. The molecule has 0 aliphatic carbocycles. The van der Waals surface area contributed by atoms with E-state index in [0.29, 0.717) is 31.2 Å². The van der Waals surface area contributed by atoms with Crippen molar-refractivity contribution in [1.29, 1.82) is 0 Å². The highest BCUT2D eigenvalue weighted by Gasteiger charge is 2.55. The van der Waals surface area contributed by atoms with Crippen LogP contribution in [0.2, 0.25) is 0 Å². The number of unbranched alkanes of at least 4 members (excludes halogenated alkanes) is 3. The van der Waals surface area contributed by atoms with E-state index in [1.165, 1.54) is 23.9 Å². The number of rotatable bonds is 9. The molecule has 2 amide bonds. The van der Waals surface area contributed by atoms with Crippen molar-refractivity contribution in [2.45, 2.75) is 83.0 Å². The van der Waals surface area contributed by atoms with Crippen molar-refractivity contribution in [3.05, 3.63) is 63.1 Å². The molecule has 12 nitrogen and oxygen atoms in total.